The van der Waals surface area contributed by atoms with Crippen molar-refractivity contribution in [2.45, 2.75) is 45.2 Å². The third-order valence-electron chi connectivity index (χ3n) is 5.40. The average molecular weight is 439 g/mol. The first-order valence-electron chi connectivity index (χ1n) is 10.4. The van der Waals surface area contributed by atoms with Gasteiger partial charge in [0.05, 0.1) is 12.9 Å². The topological polar surface area (TPSA) is 69.0 Å². The maximum Gasteiger partial charge on any atom is 0.234 e. The summed E-state index contributed by atoms with van der Waals surface area (Å²) in [5.74, 6) is 2.08. The highest BCUT2D eigenvalue weighted by Crippen LogP contribution is 2.22. The molecule has 0 fully saturated rings. The molecule has 0 atom stereocenters. The summed E-state index contributed by atoms with van der Waals surface area (Å²) in [6.45, 7) is 6.11. The first-order valence-corrected chi connectivity index (χ1v) is 11.4. The Bertz CT molecular complexity index is 1040. The lowest BCUT2D eigenvalue weighted by molar-refractivity contribution is -0.113. The lowest BCUT2D eigenvalue weighted by Gasteiger charge is -2.11. The fraction of sp³-hybridized carbons (Fsp3) is 0.375. The maximum absolute atomic E-state index is 12.4. The van der Waals surface area contributed by atoms with Crippen molar-refractivity contribution in [2.24, 2.45) is 7.05 Å². The van der Waals surface area contributed by atoms with Gasteiger partial charge in [-0.1, -0.05) is 36.0 Å². The Labute approximate surface area is 188 Å². The summed E-state index contributed by atoms with van der Waals surface area (Å²) in [7, 11) is 3.64. The second-order valence-corrected chi connectivity index (χ2v) is 8.65. The molecule has 1 heterocycles. The number of ether oxygens (including phenoxy) is 1. The Kier molecular flexibility index (Phi) is 7.74. The van der Waals surface area contributed by atoms with E-state index >= 15 is 0 Å². The number of methoxy groups -OCH3 is 1. The summed E-state index contributed by atoms with van der Waals surface area (Å²) < 4.78 is 7.26. The van der Waals surface area contributed by atoms with Crippen LogP contribution in [0, 0.1) is 20.8 Å². The van der Waals surface area contributed by atoms with Gasteiger partial charge in [-0.25, -0.2) is 0 Å². The van der Waals surface area contributed by atoms with Gasteiger partial charge in [-0.3, -0.25) is 4.79 Å². The largest absolute Gasteiger partial charge is 0.497 e. The van der Waals surface area contributed by atoms with E-state index in [0.29, 0.717) is 5.75 Å². The molecular weight excluding hydrogens is 408 g/mol. The van der Waals surface area contributed by atoms with Crippen molar-refractivity contribution >= 4 is 23.4 Å². The van der Waals surface area contributed by atoms with Crippen LogP contribution in [0.3, 0.4) is 0 Å². The van der Waals surface area contributed by atoms with Gasteiger partial charge in [-0.15, -0.1) is 10.2 Å². The molecule has 0 radical (unpaired) electrons. The summed E-state index contributed by atoms with van der Waals surface area (Å²) >= 11 is 1.41. The van der Waals surface area contributed by atoms with Crippen LogP contribution in [-0.4, -0.2) is 33.5 Å². The molecule has 31 heavy (non-hydrogen) atoms. The molecule has 7 heteroatoms. The van der Waals surface area contributed by atoms with Crippen LogP contribution in [0.5, 0.6) is 5.75 Å². The third-order valence-corrected chi connectivity index (χ3v) is 6.42. The fourth-order valence-corrected chi connectivity index (χ4v) is 4.25. The van der Waals surface area contributed by atoms with Gasteiger partial charge in [-0.05, 0) is 68.0 Å². The lowest BCUT2D eigenvalue weighted by Crippen LogP contribution is -2.16. The molecule has 164 valence electrons. The Balaban J connectivity index is 1.51. The molecule has 0 unspecified atom stereocenters. The molecule has 3 rings (SSSR count). The molecule has 0 aliphatic rings. The normalized spacial score (nSPS) is 10.9. The minimum Gasteiger partial charge on any atom is -0.497 e. The second kappa shape index (κ2) is 10.5. The van der Waals surface area contributed by atoms with Gasteiger partial charge in [-0.2, -0.15) is 0 Å². The smallest absolute Gasteiger partial charge is 0.234 e. The van der Waals surface area contributed by atoms with E-state index in [9.17, 15) is 4.79 Å². The number of para-hydroxylation sites is 1. The molecular formula is C24H30N4O2S. The van der Waals surface area contributed by atoms with E-state index in [4.69, 9.17) is 4.74 Å². The molecule has 0 spiro atoms. The predicted octanol–water partition coefficient (Wildman–Crippen LogP) is 4.66. The molecule has 1 amide bonds. The van der Waals surface area contributed by atoms with Crippen LogP contribution >= 0.6 is 11.8 Å². The van der Waals surface area contributed by atoms with Crippen molar-refractivity contribution in [3.63, 3.8) is 0 Å². The maximum atomic E-state index is 12.4. The summed E-state index contributed by atoms with van der Waals surface area (Å²) in [5, 5.41) is 12.4. The Morgan fingerprint density at radius 2 is 1.81 bits per heavy atom. The van der Waals surface area contributed by atoms with Gasteiger partial charge in [0.25, 0.3) is 0 Å². The number of nitrogens with zero attached hydrogens (tertiary/aromatic N) is 3. The number of carbonyl (C=O) groups is 1. The summed E-state index contributed by atoms with van der Waals surface area (Å²) in [5.41, 5.74) is 5.57. The molecule has 0 aliphatic carbocycles. The summed E-state index contributed by atoms with van der Waals surface area (Å²) in [6, 6.07) is 12.2. The molecule has 0 saturated heterocycles. The van der Waals surface area contributed by atoms with Crippen molar-refractivity contribution in [1.29, 1.82) is 0 Å². The number of benzene rings is 2. The van der Waals surface area contributed by atoms with Gasteiger partial charge in [0.15, 0.2) is 5.16 Å². The zero-order chi connectivity index (χ0) is 22.4. The number of aromatic nitrogens is 3. The SMILES string of the molecule is COc1ccc(CCCc2nnc(SCC(=O)Nc3c(C)cccc3C)n2C)c(C)c1. The summed E-state index contributed by atoms with van der Waals surface area (Å²) in [6.07, 6.45) is 2.80. The van der Waals surface area contributed by atoms with E-state index in [2.05, 4.69) is 34.6 Å². The zero-order valence-electron chi connectivity index (χ0n) is 18.9. The number of aryl methyl sites for hydroxylation is 5. The molecule has 1 aromatic heterocycles. The Morgan fingerprint density at radius 3 is 2.48 bits per heavy atom. The number of carbonyl (C=O) groups excluding carboxylic acids is 1. The molecule has 6 nitrogen and oxygen atoms in total. The molecule has 0 bridgehead atoms. The molecule has 1 N–H and O–H groups in total. The number of nitrogens with one attached hydrogen (secondary N) is 1. The highest BCUT2D eigenvalue weighted by Gasteiger charge is 2.13. The first-order chi connectivity index (χ1) is 14.9. The number of hydrogen-bond donors (Lipinski definition) is 1. The lowest BCUT2D eigenvalue weighted by atomic mass is 10.0. The number of thioether (sulfide) groups is 1. The van der Waals surface area contributed by atoms with Gasteiger partial charge in [0, 0.05) is 19.2 Å². The number of anilines is 1. The standard InChI is InChI=1S/C24H30N4O2S/c1-16-8-6-9-17(2)23(16)25-22(29)15-31-24-27-26-21(28(24)4)11-7-10-19-12-13-20(30-5)14-18(19)3/h6,8-9,12-14H,7,10-11,15H2,1-5H3,(H,25,29). The van der Waals surface area contributed by atoms with Crippen LogP contribution in [0.25, 0.3) is 0 Å². The van der Waals surface area contributed by atoms with Crippen LogP contribution in [-0.2, 0) is 24.7 Å². The van der Waals surface area contributed by atoms with E-state index < -0.39 is 0 Å². The fourth-order valence-electron chi connectivity index (χ4n) is 3.52. The van der Waals surface area contributed by atoms with Crippen molar-refractivity contribution in [3.05, 3.63) is 64.5 Å². The van der Waals surface area contributed by atoms with E-state index in [1.165, 1.54) is 22.9 Å². The highest BCUT2D eigenvalue weighted by atomic mass is 32.2. The van der Waals surface area contributed by atoms with Crippen LogP contribution in [0.15, 0.2) is 41.6 Å². The minimum absolute atomic E-state index is 0.0399. The van der Waals surface area contributed by atoms with Crippen molar-refractivity contribution in [2.75, 3.05) is 18.2 Å². The summed E-state index contributed by atoms with van der Waals surface area (Å²) in [4.78, 5) is 12.4. The van der Waals surface area contributed by atoms with Crippen molar-refractivity contribution < 1.29 is 9.53 Å². The number of hydrogen-bond acceptors (Lipinski definition) is 5. The predicted molar refractivity (Wildman–Crippen MR) is 126 cm³/mol. The van der Waals surface area contributed by atoms with Gasteiger partial charge < -0.3 is 14.6 Å². The number of amides is 1. The zero-order valence-corrected chi connectivity index (χ0v) is 19.7. The van der Waals surface area contributed by atoms with E-state index in [-0.39, 0.29) is 5.91 Å². The third kappa shape index (κ3) is 5.88. The second-order valence-electron chi connectivity index (χ2n) is 7.71. The van der Waals surface area contributed by atoms with Crippen LogP contribution < -0.4 is 10.1 Å². The molecule has 0 saturated carbocycles. The highest BCUT2D eigenvalue weighted by molar-refractivity contribution is 7.99. The Morgan fingerprint density at radius 1 is 1.06 bits per heavy atom. The number of rotatable bonds is 9. The van der Waals surface area contributed by atoms with Crippen LogP contribution in [0.1, 0.15) is 34.5 Å². The first kappa shape index (κ1) is 22.9. The van der Waals surface area contributed by atoms with E-state index in [0.717, 1.165) is 52.8 Å². The Hall–Kier alpha value is -2.80. The van der Waals surface area contributed by atoms with Crippen LogP contribution in [0.2, 0.25) is 0 Å². The van der Waals surface area contributed by atoms with Gasteiger partial charge in [0.2, 0.25) is 5.91 Å². The van der Waals surface area contributed by atoms with E-state index in [1.54, 1.807) is 7.11 Å². The molecule has 2 aromatic carbocycles. The monoisotopic (exact) mass is 438 g/mol. The van der Waals surface area contributed by atoms with Crippen molar-refractivity contribution in [1.82, 2.24) is 14.8 Å². The minimum atomic E-state index is -0.0399. The van der Waals surface area contributed by atoms with Crippen molar-refractivity contribution in [3.8, 4) is 5.75 Å². The molecule has 3 aromatic rings. The molecule has 0 aliphatic heterocycles. The van der Waals surface area contributed by atoms with E-state index in [1.807, 2.05) is 49.7 Å². The van der Waals surface area contributed by atoms with Gasteiger partial charge in [0.1, 0.15) is 11.6 Å². The van der Waals surface area contributed by atoms with Gasteiger partial charge >= 0.3 is 0 Å². The quantitative estimate of drug-likeness (QED) is 0.492. The average Bonchev–Trinajstić information content (AvgIpc) is 3.10. The van der Waals surface area contributed by atoms with Crippen LogP contribution in [0.4, 0.5) is 5.69 Å².